The number of amides is 1. The fourth-order valence-electron chi connectivity index (χ4n) is 2.05. The van der Waals surface area contributed by atoms with E-state index in [1.165, 1.54) is 24.3 Å². The molecular weight excluding hydrogens is 384 g/mol. The average molecular weight is 408 g/mol. The number of rotatable bonds is 11. The van der Waals surface area contributed by atoms with Crippen molar-refractivity contribution < 1.29 is 31.1 Å². The smallest absolute Gasteiger partial charge is 0.245 e. The number of carbonyl (C=O) groups is 1. The molecule has 0 unspecified atom stereocenters. The molecule has 9 nitrogen and oxygen atoms in total. The standard InChI is InChI=1S/C15H24N2O7S2/c1-4-23-11-9-15(18)16-10-12-24-14-7-5-13(6-8-14)17(25(2,19)20)26(3,21)22/h5-8H,4,9-12H2,1-3H3,(H,16,18). The van der Waals surface area contributed by atoms with Gasteiger partial charge in [0.15, 0.2) is 0 Å². The Kier molecular flexibility index (Phi) is 8.31. The van der Waals surface area contributed by atoms with Gasteiger partial charge in [-0.1, -0.05) is 0 Å². The summed E-state index contributed by atoms with van der Waals surface area (Å²) in [6, 6.07) is 5.57. The summed E-state index contributed by atoms with van der Waals surface area (Å²) in [5, 5.41) is 2.67. The number of nitrogens with one attached hydrogen (secondary N) is 1. The Balaban J connectivity index is 2.56. The van der Waals surface area contributed by atoms with Gasteiger partial charge in [-0.05, 0) is 31.2 Å². The molecule has 26 heavy (non-hydrogen) atoms. The van der Waals surface area contributed by atoms with Crippen LogP contribution < -0.4 is 13.8 Å². The van der Waals surface area contributed by atoms with E-state index in [9.17, 15) is 21.6 Å². The molecule has 0 aliphatic rings. The van der Waals surface area contributed by atoms with Crippen molar-refractivity contribution in [1.29, 1.82) is 0 Å². The van der Waals surface area contributed by atoms with E-state index in [-0.39, 0.29) is 24.6 Å². The maximum absolute atomic E-state index is 11.7. The van der Waals surface area contributed by atoms with Crippen LogP contribution in [0.4, 0.5) is 5.69 Å². The van der Waals surface area contributed by atoms with Gasteiger partial charge in [0.05, 0.1) is 31.4 Å². The molecule has 0 aliphatic heterocycles. The number of hydrogen-bond donors (Lipinski definition) is 1. The molecule has 1 amide bonds. The van der Waals surface area contributed by atoms with Gasteiger partial charge >= 0.3 is 0 Å². The Morgan fingerprint density at radius 1 is 1.04 bits per heavy atom. The summed E-state index contributed by atoms with van der Waals surface area (Å²) in [6.07, 6.45) is 1.90. The van der Waals surface area contributed by atoms with E-state index in [1.54, 1.807) is 0 Å². The summed E-state index contributed by atoms with van der Waals surface area (Å²) in [4.78, 5) is 11.5. The van der Waals surface area contributed by atoms with Gasteiger partial charge in [-0.2, -0.15) is 3.71 Å². The SMILES string of the molecule is CCOCCC(=O)NCCOc1ccc(N(S(C)(=O)=O)S(C)(=O)=O)cc1. The largest absolute Gasteiger partial charge is 0.492 e. The topological polar surface area (TPSA) is 119 Å². The number of anilines is 1. The van der Waals surface area contributed by atoms with E-state index in [2.05, 4.69) is 5.32 Å². The zero-order valence-corrected chi connectivity index (χ0v) is 16.6. The van der Waals surface area contributed by atoms with Gasteiger partial charge in [0.2, 0.25) is 26.0 Å². The maximum Gasteiger partial charge on any atom is 0.245 e. The predicted octanol–water partition coefficient (Wildman–Crippen LogP) is 0.334. The van der Waals surface area contributed by atoms with E-state index in [4.69, 9.17) is 9.47 Å². The number of carbonyl (C=O) groups excluding carboxylic acids is 1. The summed E-state index contributed by atoms with van der Waals surface area (Å²) in [5.74, 6) is 0.272. The monoisotopic (exact) mass is 408 g/mol. The van der Waals surface area contributed by atoms with Gasteiger partial charge in [0, 0.05) is 13.0 Å². The van der Waals surface area contributed by atoms with Crippen molar-refractivity contribution in [2.24, 2.45) is 0 Å². The molecule has 0 saturated heterocycles. The van der Waals surface area contributed by atoms with E-state index in [1.807, 2.05) is 6.92 Å². The third kappa shape index (κ3) is 7.58. The first-order valence-electron chi connectivity index (χ1n) is 7.83. The molecule has 0 fully saturated rings. The van der Waals surface area contributed by atoms with Crippen LogP contribution in [0.5, 0.6) is 5.75 Å². The van der Waals surface area contributed by atoms with Crippen molar-refractivity contribution >= 4 is 31.6 Å². The Morgan fingerprint density at radius 2 is 1.62 bits per heavy atom. The average Bonchev–Trinajstić information content (AvgIpc) is 2.50. The molecule has 0 atom stereocenters. The van der Waals surface area contributed by atoms with Gasteiger partial charge in [0.1, 0.15) is 12.4 Å². The highest BCUT2D eigenvalue weighted by Gasteiger charge is 2.27. The second-order valence-electron chi connectivity index (χ2n) is 5.36. The fraction of sp³-hybridized carbons (Fsp3) is 0.533. The number of sulfonamides is 2. The second-order valence-corrected chi connectivity index (χ2v) is 9.26. The highest BCUT2D eigenvalue weighted by molar-refractivity contribution is 8.09. The molecule has 0 spiro atoms. The van der Waals surface area contributed by atoms with E-state index >= 15 is 0 Å². The zero-order valence-electron chi connectivity index (χ0n) is 15.0. The first-order chi connectivity index (χ1) is 12.1. The molecule has 0 saturated carbocycles. The quantitative estimate of drug-likeness (QED) is 0.524. The summed E-state index contributed by atoms with van der Waals surface area (Å²) in [6.45, 7) is 3.28. The van der Waals surface area contributed by atoms with Crippen LogP contribution in [0, 0.1) is 0 Å². The summed E-state index contributed by atoms with van der Waals surface area (Å²) in [7, 11) is -7.96. The summed E-state index contributed by atoms with van der Waals surface area (Å²) in [5.41, 5.74) is -0.00780. The van der Waals surface area contributed by atoms with Crippen LogP contribution in [0.2, 0.25) is 0 Å². The lowest BCUT2D eigenvalue weighted by atomic mass is 10.3. The predicted molar refractivity (Wildman–Crippen MR) is 98.2 cm³/mol. The molecule has 1 rings (SSSR count). The highest BCUT2D eigenvalue weighted by Crippen LogP contribution is 2.23. The molecule has 11 heteroatoms. The summed E-state index contributed by atoms with van der Waals surface area (Å²) < 4.78 is 57.6. The lowest BCUT2D eigenvalue weighted by molar-refractivity contribution is -0.122. The van der Waals surface area contributed by atoms with Crippen LogP contribution >= 0.6 is 0 Å². The lowest BCUT2D eigenvalue weighted by Gasteiger charge is -2.19. The van der Waals surface area contributed by atoms with Crippen molar-refractivity contribution in [2.75, 3.05) is 42.6 Å². The number of ether oxygens (including phenoxy) is 2. The Bertz CT molecular complexity index is 758. The van der Waals surface area contributed by atoms with Gasteiger partial charge in [-0.25, -0.2) is 16.8 Å². The van der Waals surface area contributed by atoms with Crippen LogP contribution in [0.15, 0.2) is 24.3 Å². The molecule has 1 aromatic rings. The molecule has 1 N–H and O–H groups in total. The van der Waals surface area contributed by atoms with Crippen LogP contribution in [0.25, 0.3) is 0 Å². The van der Waals surface area contributed by atoms with E-state index < -0.39 is 20.0 Å². The van der Waals surface area contributed by atoms with Crippen LogP contribution in [-0.2, 0) is 29.6 Å². The Morgan fingerprint density at radius 3 is 2.12 bits per heavy atom. The Labute approximate surface area is 154 Å². The Hall–Kier alpha value is -1.85. The minimum atomic E-state index is -3.98. The van der Waals surface area contributed by atoms with E-state index in [0.717, 1.165) is 12.5 Å². The van der Waals surface area contributed by atoms with Crippen molar-refractivity contribution in [3.8, 4) is 5.75 Å². The van der Waals surface area contributed by atoms with E-state index in [0.29, 0.717) is 29.2 Å². The normalized spacial score (nSPS) is 11.8. The maximum atomic E-state index is 11.7. The van der Waals surface area contributed by atoms with Crippen LogP contribution in [0.1, 0.15) is 13.3 Å². The van der Waals surface area contributed by atoms with Crippen molar-refractivity contribution in [2.45, 2.75) is 13.3 Å². The third-order valence-electron chi connectivity index (χ3n) is 3.02. The second kappa shape index (κ2) is 9.74. The highest BCUT2D eigenvalue weighted by atomic mass is 32.3. The lowest BCUT2D eigenvalue weighted by Crippen LogP contribution is -2.35. The molecule has 1 aromatic carbocycles. The molecule has 0 radical (unpaired) electrons. The first-order valence-corrected chi connectivity index (χ1v) is 11.5. The number of nitrogens with zero attached hydrogens (tertiary/aromatic N) is 1. The van der Waals surface area contributed by atoms with Crippen molar-refractivity contribution in [1.82, 2.24) is 5.32 Å². The van der Waals surface area contributed by atoms with Crippen LogP contribution in [-0.4, -0.2) is 61.6 Å². The third-order valence-corrected chi connectivity index (χ3v) is 6.27. The van der Waals surface area contributed by atoms with Gasteiger partial charge in [-0.15, -0.1) is 0 Å². The van der Waals surface area contributed by atoms with Gasteiger partial charge in [-0.3, -0.25) is 4.79 Å². The van der Waals surface area contributed by atoms with Crippen molar-refractivity contribution in [3.05, 3.63) is 24.3 Å². The molecule has 0 aliphatic carbocycles. The molecule has 0 bridgehead atoms. The van der Waals surface area contributed by atoms with Gasteiger partial charge in [0.25, 0.3) is 0 Å². The minimum absolute atomic E-state index is 0.00780. The number of hydrogen-bond acceptors (Lipinski definition) is 7. The molecular formula is C15H24N2O7S2. The molecule has 0 heterocycles. The number of benzene rings is 1. The van der Waals surface area contributed by atoms with Crippen LogP contribution in [0.3, 0.4) is 0 Å². The summed E-state index contributed by atoms with van der Waals surface area (Å²) >= 11 is 0. The minimum Gasteiger partial charge on any atom is -0.492 e. The fourth-order valence-corrected chi connectivity index (χ4v) is 5.03. The molecule has 0 aromatic heterocycles. The first kappa shape index (κ1) is 22.2. The molecule has 148 valence electrons. The van der Waals surface area contributed by atoms with Crippen molar-refractivity contribution in [3.63, 3.8) is 0 Å². The zero-order chi connectivity index (χ0) is 19.8. The van der Waals surface area contributed by atoms with Gasteiger partial charge < -0.3 is 14.8 Å².